The SMILES string of the molecule is O=C(Nc1ccc(F)c(-n2cc3cc(C4=CC=CCC=C4)cnc3n2)c1)N1CC(F)C1. The Balaban J connectivity index is 1.44. The van der Waals surface area contributed by atoms with Gasteiger partial charge in [0.05, 0.1) is 13.1 Å². The van der Waals surface area contributed by atoms with Gasteiger partial charge in [0.15, 0.2) is 5.65 Å². The first-order valence-corrected chi connectivity index (χ1v) is 9.96. The fourth-order valence-electron chi connectivity index (χ4n) is 3.53. The van der Waals surface area contributed by atoms with E-state index in [2.05, 4.69) is 27.6 Å². The van der Waals surface area contributed by atoms with Gasteiger partial charge in [-0.05, 0) is 36.3 Å². The molecule has 1 saturated heterocycles. The van der Waals surface area contributed by atoms with Crippen molar-refractivity contribution in [3.05, 3.63) is 78.4 Å². The monoisotopic (exact) mass is 419 g/mol. The Kier molecular flexibility index (Phi) is 4.82. The Labute approximate surface area is 177 Å². The summed E-state index contributed by atoms with van der Waals surface area (Å²) in [6.07, 6.45) is 13.6. The number of hydrogen-bond acceptors (Lipinski definition) is 3. The van der Waals surface area contributed by atoms with E-state index in [-0.39, 0.29) is 18.8 Å². The number of allylic oxidation sites excluding steroid dienone is 6. The number of amides is 2. The van der Waals surface area contributed by atoms with Crippen LogP contribution < -0.4 is 5.32 Å². The van der Waals surface area contributed by atoms with E-state index in [1.165, 1.54) is 27.8 Å². The van der Waals surface area contributed by atoms with E-state index in [1.807, 2.05) is 24.3 Å². The molecule has 2 aliphatic rings. The number of pyridine rings is 1. The number of benzene rings is 1. The quantitative estimate of drug-likeness (QED) is 0.673. The molecule has 0 spiro atoms. The maximum atomic E-state index is 14.5. The van der Waals surface area contributed by atoms with Crippen molar-refractivity contribution >= 4 is 28.3 Å². The Morgan fingerprint density at radius 3 is 2.90 bits per heavy atom. The van der Waals surface area contributed by atoms with Gasteiger partial charge >= 0.3 is 6.03 Å². The lowest BCUT2D eigenvalue weighted by molar-refractivity contribution is 0.0974. The maximum absolute atomic E-state index is 14.5. The van der Waals surface area contributed by atoms with Gasteiger partial charge in [0.1, 0.15) is 17.7 Å². The number of hydrogen-bond donors (Lipinski definition) is 1. The fourth-order valence-corrected chi connectivity index (χ4v) is 3.53. The molecule has 6 nitrogen and oxygen atoms in total. The van der Waals surface area contributed by atoms with E-state index in [0.717, 1.165) is 22.9 Å². The molecule has 3 aromatic rings. The van der Waals surface area contributed by atoms with Gasteiger partial charge in [0, 0.05) is 29.0 Å². The first kappa shape index (κ1) is 19.2. The van der Waals surface area contributed by atoms with Crippen LogP contribution in [0.4, 0.5) is 19.3 Å². The molecule has 0 saturated carbocycles. The normalized spacial score (nSPS) is 16.2. The molecule has 0 radical (unpaired) electrons. The molecule has 31 heavy (non-hydrogen) atoms. The third kappa shape index (κ3) is 3.84. The summed E-state index contributed by atoms with van der Waals surface area (Å²) in [7, 11) is 0. The van der Waals surface area contributed by atoms with Crippen LogP contribution in [0.3, 0.4) is 0 Å². The molecule has 1 fully saturated rings. The number of urea groups is 1. The highest BCUT2D eigenvalue weighted by Gasteiger charge is 2.30. The molecule has 3 heterocycles. The molecule has 1 N–H and O–H groups in total. The van der Waals surface area contributed by atoms with E-state index in [1.54, 1.807) is 12.4 Å². The van der Waals surface area contributed by atoms with Crippen molar-refractivity contribution in [3.8, 4) is 5.69 Å². The number of rotatable bonds is 3. The minimum absolute atomic E-state index is 0.0693. The molecule has 156 valence electrons. The molecule has 2 aromatic heterocycles. The Bertz CT molecular complexity index is 1250. The van der Waals surface area contributed by atoms with Gasteiger partial charge in [-0.15, -0.1) is 5.10 Å². The van der Waals surface area contributed by atoms with Crippen molar-refractivity contribution in [2.24, 2.45) is 0 Å². The largest absolute Gasteiger partial charge is 0.322 e. The van der Waals surface area contributed by atoms with Gasteiger partial charge in [0.25, 0.3) is 0 Å². The van der Waals surface area contributed by atoms with E-state index in [9.17, 15) is 13.6 Å². The summed E-state index contributed by atoms with van der Waals surface area (Å²) in [6.45, 7) is 0.139. The minimum Gasteiger partial charge on any atom is -0.319 e. The van der Waals surface area contributed by atoms with Crippen LogP contribution in [0.2, 0.25) is 0 Å². The van der Waals surface area contributed by atoms with E-state index < -0.39 is 18.0 Å². The zero-order valence-electron chi connectivity index (χ0n) is 16.5. The topological polar surface area (TPSA) is 63.1 Å². The molecule has 1 aliphatic heterocycles. The average molecular weight is 419 g/mol. The lowest BCUT2D eigenvalue weighted by Gasteiger charge is -2.34. The van der Waals surface area contributed by atoms with Crippen LogP contribution in [0.25, 0.3) is 22.3 Å². The minimum atomic E-state index is -0.983. The number of fused-ring (bicyclic) bond motifs is 1. The van der Waals surface area contributed by atoms with Gasteiger partial charge in [0.2, 0.25) is 0 Å². The number of carbonyl (C=O) groups excluding carboxylic acids is 1. The Morgan fingerprint density at radius 2 is 2.06 bits per heavy atom. The number of nitrogens with one attached hydrogen (secondary N) is 1. The number of aromatic nitrogens is 3. The highest BCUT2D eigenvalue weighted by atomic mass is 19.1. The zero-order chi connectivity index (χ0) is 21.4. The van der Waals surface area contributed by atoms with Gasteiger partial charge in [-0.3, -0.25) is 0 Å². The third-order valence-electron chi connectivity index (χ3n) is 5.24. The highest BCUT2D eigenvalue weighted by Crippen LogP contribution is 2.25. The van der Waals surface area contributed by atoms with Crippen LogP contribution in [0.15, 0.2) is 67.0 Å². The van der Waals surface area contributed by atoms with Crippen molar-refractivity contribution in [2.75, 3.05) is 18.4 Å². The second-order valence-electron chi connectivity index (χ2n) is 7.50. The molecule has 1 aliphatic carbocycles. The predicted molar refractivity (Wildman–Crippen MR) is 115 cm³/mol. The van der Waals surface area contributed by atoms with Crippen LogP contribution >= 0.6 is 0 Å². The summed E-state index contributed by atoms with van der Waals surface area (Å²) in [5, 5.41) is 7.82. The summed E-state index contributed by atoms with van der Waals surface area (Å²) in [5.74, 6) is -0.488. The lowest BCUT2D eigenvalue weighted by Crippen LogP contribution is -2.53. The average Bonchev–Trinajstić information content (AvgIpc) is 2.97. The first-order chi connectivity index (χ1) is 15.1. The Hall–Kier alpha value is -3.81. The van der Waals surface area contributed by atoms with Crippen LogP contribution in [-0.4, -0.2) is 45.0 Å². The van der Waals surface area contributed by atoms with E-state index in [0.29, 0.717) is 11.3 Å². The number of anilines is 1. The number of nitrogens with zero attached hydrogens (tertiary/aromatic N) is 4. The molecule has 0 bridgehead atoms. The zero-order valence-corrected chi connectivity index (χ0v) is 16.5. The van der Waals surface area contributed by atoms with Crippen LogP contribution in [0, 0.1) is 5.82 Å². The molecule has 2 amide bonds. The molecule has 0 atom stereocenters. The molecule has 8 heteroatoms. The number of likely N-dealkylation sites (tertiary alicyclic amines) is 1. The van der Waals surface area contributed by atoms with Crippen molar-refractivity contribution in [1.82, 2.24) is 19.7 Å². The molecular formula is C23H19F2N5O. The van der Waals surface area contributed by atoms with Gasteiger partial charge in [-0.25, -0.2) is 23.2 Å². The van der Waals surface area contributed by atoms with Crippen molar-refractivity contribution in [1.29, 1.82) is 0 Å². The van der Waals surface area contributed by atoms with Gasteiger partial charge < -0.3 is 10.2 Å². The summed E-state index contributed by atoms with van der Waals surface area (Å²) in [6, 6.07) is 5.76. The summed E-state index contributed by atoms with van der Waals surface area (Å²) in [5.41, 5.74) is 3.05. The standard InChI is InChI=1S/C23H19F2N5O/c24-18-13-29(14-18)23(31)27-19-7-8-20(25)21(10-19)30-12-17-9-16(11-26-22(17)28-30)15-5-3-1-2-4-6-15/h1,3-12,18H,2,13-14H2,(H,27,31). The predicted octanol–water partition coefficient (Wildman–Crippen LogP) is 4.64. The van der Waals surface area contributed by atoms with Crippen molar-refractivity contribution in [2.45, 2.75) is 12.6 Å². The number of carbonyl (C=O) groups is 1. The molecule has 1 aromatic carbocycles. The highest BCUT2D eigenvalue weighted by molar-refractivity contribution is 5.90. The second kappa shape index (κ2) is 7.79. The van der Waals surface area contributed by atoms with Crippen molar-refractivity contribution < 1.29 is 13.6 Å². The third-order valence-corrected chi connectivity index (χ3v) is 5.24. The van der Waals surface area contributed by atoms with Crippen molar-refractivity contribution in [3.63, 3.8) is 0 Å². The van der Waals surface area contributed by atoms with Crippen LogP contribution in [0.5, 0.6) is 0 Å². The summed E-state index contributed by atoms with van der Waals surface area (Å²) in [4.78, 5) is 17.9. The first-order valence-electron chi connectivity index (χ1n) is 9.96. The number of alkyl halides is 1. The molecular weight excluding hydrogens is 400 g/mol. The Morgan fingerprint density at radius 1 is 1.19 bits per heavy atom. The van der Waals surface area contributed by atoms with Gasteiger partial charge in [-0.2, -0.15) is 0 Å². The summed E-state index contributed by atoms with van der Waals surface area (Å²) >= 11 is 0. The smallest absolute Gasteiger partial charge is 0.319 e. The lowest BCUT2D eigenvalue weighted by atomic mass is 10.1. The van der Waals surface area contributed by atoms with E-state index in [4.69, 9.17) is 0 Å². The van der Waals surface area contributed by atoms with Crippen LogP contribution in [0.1, 0.15) is 12.0 Å². The van der Waals surface area contributed by atoms with Crippen LogP contribution in [-0.2, 0) is 0 Å². The summed E-state index contributed by atoms with van der Waals surface area (Å²) < 4.78 is 28.9. The van der Waals surface area contributed by atoms with E-state index >= 15 is 0 Å². The second-order valence-corrected chi connectivity index (χ2v) is 7.50. The fraction of sp³-hybridized carbons (Fsp3) is 0.174. The molecule has 5 rings (SSSR count). The maximum Gasteiger partial charge on any atom is 0.322 e. The van der Waals surface area contributed by atoms with Gasteiger partial charge in [-0.1, -0.05) is 30.4 Å². The molecule has 0 unspecified atom stereocenters. The number of halogens is 2.